The third-order valence-corrected chi connectivity index (χ3v) is 12.9. The van der Waals surface area contributed by atoms with E-state index in [-0.39, 0.29) is 55.8 Å². The van der Waals surface area contributed by atoms with Crippen LogP contribution in [0, 0.1) is 0 Å². The van der Waals surface area contributed by atoms with Gasteiger partial charge in [-0.15, -0.1) is 0 Å². The van der Waals surface area contributed by atoms with Crippen molar-refractivity contribution < 1.29 is 38.7 Å². The predicted molar refractivity (Wildman–Crippen MR) is 200 cm³/mol. The number of hydrogen-bond donors (Lipinski definition) is 4. The van der Waals surface area contributed by atoms with E-state index >= 15 is 0 Å². The van der Waals surface area contributed by atoms with Crippen LogP contribution in [-0.4, -0.2) is 142 Å². The van der Waals surface area contributed by atoms with Crippen molar-refractivity contribution in [1.29, 1.82) is 0 Å². The van der Waals surface area contributed by atoms with Crippen molar-refractivity contribution in [2.75, 3.05) is 71.3 Å². The molecule has 52 heavy (non-hydrogen) atoms. The number of piperazine rings is 1. The monoisotopic (exact) mass is 848 g/mol. The van der Waals surface area contributed by atoms with E-state index in [9.17, 15) is 29.4 Å². The number of quaternary nitrogens is 1. The fourth-order valence-electron chi connectivity index (χ4n) is 9.03. The number of aromatic hydroxyl groups is 1. The summed E-state index contributed by atoms with van der Waals surface area (Å²) in [6.07, 6.45) is 2.83. The van der Waals surface area contributed by atoms with E-state index < -0.39 is 16.2 Å². The van der Waals surface area contributed by atoms with Gasteiger partial charge in [0.15, 0.2) is 5.66 Å². The normalized spacial score (nSPS) is 26.6. The van der Waals surface area contributed by atoms with Gasteiger partial charge in [-0.25, -0.2) is 14.8 Å². The summed E-state index contributed by atoms with van der Waals surface area (Å²) in [6.45, 7) is 5.39. The smallest absolute Gasteiger partial charge is 0.506 e. The number of urea groups is 1. The summed E-state index contributed by atoms with van der Waals surface area (Å²) in [5.74, 6) is -0.150. The number of fused-ring (bicyclic) bond motifs is 1. The number of hydrogen-bond acceptors (Lipinski definition) is 9. The van der Waals surface area contributed by atoms with Gasteiger partial charge in [-0.1, -0.05) is 18.2 Å². The Bertz CT molecular complexity index is 1630. The molecule has 3 saturated heterocycles. The van der Waals surface area contributed by atoms with E-state index in [1.54, 1.807) is 12.1 Å². The van der Waals surface area contributed by atoms with Gasteiger partial charge >= 0.3 is 12.1 Å². The number of anilines is 1. The number of benzene rings is 2. The number of phenolic OH excluding ortho intramolecular Hbond substituents is 1. The van der Waals surface area contributed by atoms with Crippen molar-refractivity contribution in [1.82, 2.24) is 25.1 Å². The van der Waals surface area contributed by atoms with Crippen LogP contribution in [0.3, 0.4) is 0 Å². The van der Waals surface area contributed by atoms with Crippen LogP contribution in [0.2, 0.25) is 0 Å². The van der Waals surface area contributed by atoms with E-state index in [1.165, 1.54) is 7.11 Å². The molecule has 2 aromatic rings. The number of carboxylic acid groups (broad SMARTS) is 1. The van der Waals surface area contributed by atoms with Gasteiger partial charge in [-0.3, -0.25) is 24.3 Å². The first-order valence-corrected chi connectivity index (χ1v) is 19.5. The topological polar surface area (TPSA) is 155 Å². The summed E-state index contributed by atoms with van der Waals surface area (Å²) in [6, 6.07) is 11.0. The molecule has 2 aromatic carbocycles. The van der Waals surface area contributed by atoms with Crippen molar-refractivity contribution in [3.05, 3.63) is 56.5 Å². The average Bonchev–Trinajstić information content (AvgIpc) is 3.30. The quantitative estimate of drug-likeness (QED) is 0.155. The van der Waals surface area contributed by atoms with Crippen LogP contribution >= 0.6 is 31.9 Å². The van der Waals surface area contributed by atoms with E-state index in [1.807, 2.05) is 29.2 Å². The summed E-state index contributed by atoms with van der Waals surface area (Å²) in [4.78, 5) is 65.9. The molecule has 2 unspecified atom stereocenters. The van der Waals surface area contributed by atoms with Gasteiger partial charge in [0.05, 0.1) is 35.6 Å². The molecule has 4 N–H and O–H groups in total. The van der Waals surface area contributed by atoms with Crippen LogP contribution in [0.1, 0.15) is 43.2 Å². The van der Waals surface area contributed by atoms with Crippen LogP contribution in [0.4, 0.5) is 15.3 Å². The molecule has 0 saturated carbocycles. The Kier molecular flexibility index (Phi) is 12.2. The highest BCUT2D eigenvalue weighted by atomic mass is 79.9. The van der Waals surface area contributed by atoms with Crippen molar-refractivity contribution in [3.8, 4) is 5.75 Å². The van der Waals surface area contributed by atoms with Crippen LogP contribution in [0.15, 0.2) is 45.3 Å². The first kappa shape index (κ1) is 38.6. The number of halogens is 2. The maximum absolute atomic E-state index is 13.9. The molecule has 0 bridgehead atoms. The molecular formula is C36H48Br2N7O7+. The molecule has 0 radical (unpaired) electrons. The first-order valence-electron chi connectivity index (χ1n) is 17.9. The van der Waals surface area contributed by atoms with Crippen molar-refractivity contribution in [2.24, 2.45) is 0 Å². The van der Waals surface area contributed by atoms with E-state index in [4.69, 9.17) is 4.84 Å². The number of nitrogens with zero attached hydrogens (tertiary/aromatic N) is 5. The predicted octanol–water partition coefficient (Wildman–Crippen LogP) is 4.21. The number of carbonyl (C=O) groups excluding carboxylic acids is 3. The van der Waals surface area contributed by atoms with Crippen LogP contribution < -0.4 is 10.8 Å². The molecule has 16 heteroatoms. The summed E-state index contributed by atoms with van der Waals surface area (Å²) >= 11 is 6.84. The highest BCUT2D eigenvalue weighted by Gasteiger charge is 2.64. The molecule has 4 aliphatic rings. The zero-order valence-electron chi connectivity index (χ0n) is 29.4. The Labute approximate surface area is 320 Å². The van der Waals surface area contributed by atoms with Crippen molar-refractivity contribution in [3.63, 3.8) is 0 Å². The number of likely N-dealkylation sites (tertiary alicyclic amines) is 2. The number of hydroxylamine groups is 1. The largest absolute Gasteiger partial charge is 0.515 e. The standard InChI is InChI=1S/C36H47Br2N7O7/c1-52-40-32(47)23-41-14-16-42(17-15-41)27-7-11-43(12-8-27)36(10-19-46)22-28(44-13-6-26-4-2-3-5-31(26)39-34(44)49)9-18-45(36,35(50)51)24-25-20-29(37)33(48)30(38)21-25/h2-5,19-21,27-28H,6-18,22-24H2,1H3,(H3-,39,40,47,48,49,50,51)/p+1/t28?,36?,45-/m0/s1. The number of carbonyl (C=O) groups is 4. The molecule has 6 rings (SSSR count). The SMILES string of the molecule is CONC(=O)CN1CCN(C2CCN(C3(CC=O)CC(N4CCc5ccccc5NC4=O)CC[N@+]3(Cc3cc(Br)c(O)c(Br)c3)C(=O)O)CC2)CC1. The van der Waals surface area contributed by atoms with Gasteiger partial charge < -0.3 is 25.2 Å². The summed E-state index contributed by atoms with van der Waals surface area (Å²) in [5.41, 5.74) is 3.76. The van der Waals surface area contributed by atoms with Crippen LogP contribution in [-0.2, 0) is 27.4 Å². The van der Waals surface area contributed by atoms with Crippen molar-refractivity contribution >= 4 is 61.9 Å². The molecule has 4 amide bonds. The molecular weight excluding hydrogens is 802 g/mol. The Morgan fingerprint density at radius 2 is 1.73 bits per heavy atom. The number of para-hydroxylation sites is 1. The lowest BCUT2D eigenvalue weighted by atomic mass is 9.81. The lowest BCUT2D eigenvalue weighted by Crippen LogP contribution is -2.78. The number of phenols is 1. The highest BCUT2D eigenvalue weighted by Crippen LogP contribution is 2.47. The van der Waals surface area contributed by atoms with Crippen LogP contribution in [0.25, 0.3) is 0 Å². The Balaban J connectivity index is 1.28. The lowest BCUT2D eigenvalue weighted by Gasteiger charge is -2.59. The lowest BCUT2D eigenvalue weighted by molar-refractivity contribution is -0.942. The average molecular weight is 851 g/mol. The fraction of sp³-hybridized carbons (Fsp3) is 0.556. The molecule has 14 nitrogen and oxygen atoms in total. The van der Waals surface area contributed by atoms with Gasteiger partial charge in [0.2, 0.25) is 0 Å². The second-order valence-corrected chi connectivity index (χ2v) is 16.0. The Hall–Kier alpha value is -3.12. The number of nitrogens with one attached hydrogen (secondary N) is 2. The Morgan fingerprint density at radius 3 is 2.38 bits per heavy atom. The number of piperidine rings is 2. The first-order chi connectivity index (χ1) is 25.0. The molecule has 4 heterocycles. The van der Waals surface area contributed by atoms with Gasteiger partial charge in [0.25, 0.3) is 5.91 Å². The van der Waals surface area contributed by atoms with Gasteiger partial charge in [0, 0.05) is 82.0 Å². The minimum Gasteiger partial charge on any atom is -0.506 e. The van der Waals surface area contributed by atoms with E-state index in [0.29, 0.717) is 53.4 Å². The summed E-state index contributed by atoms with van der Waals surface area (Å²) < 4.78 is 0.490. The number of aldehydes is 1. The van der Waals surface area contributed by atoms with Gasteiger partial charge in [-0.05, 0) is 74.9 Å². The maximum Gasteiger partial charge on any atom is 0.515 e. The molecule has 0 aliphatic carbocycles. The number of rotatable bonds is 10. The zero-order valence-corrected chi connectivity index (χ0v) is 32.6. The second kappa shape index (κ2) is 16.5. The zero-order chi connectivity index (χ0) is 37.0. The summed E-state index contributed by atoms with van der Waals surface area (Å²) in [7, 11) is 1.42. The fourth-order valence-corrected chi connectivity index (χ4v) is 10.3. The minimum absolute atomic E-state index is 0.0151. The highest BCUT2D eigenvalue weighted by molar-refractivity contribution is 9.11. The van der Waals surface area contributed by atoms with E-state index in [2.05, 4.69) is 57.4 Å². The molecule has 3 fully saturated rings. The molecule has 0 aromatic heterocycles. The molecule has 0 spiro atoms. The third kappa shape index (κ3) is 7.74. The molecule has 3 atom stereocenters. The van der Waals surface area contributed by atoms with Gasteiger partial charge in [0.1, 0.15) is 18.6 Å². The van der Waals surface area contributed by atoms with Gasteiger partial charge in [-0.2, -0.15) is 4.79 Å². The molecule has 4 aliphatic heterocycles. The summed E-state index contributed by atoms with van der Waals surface area (Å²) in [5, 5.41) is 24.9. The van der Waals surface area contributed by atoms with Crippen LogP contribution in [0.5, 0.6) is 5.75 Å². The Morgan fingerprint density at radius 1 is 1.04 bits per heavy atom. The van der Waals surface area contributed by atoms with E-state index in [0.717, 1.165) is 56.6 Å². The molecule has 282 valence electrons. The third-order valence-electron chi connectivity index (χ3n) is 11.7. The minimum atomic E-state index is -1.15. The maximum atomic E-state index is 13.9. The van der Waals surface area contributed by atoms with Crippen molar-refractivity contribution in [2.45, 2.75) is 62.8 Å². The number of amides is 4. The second-order valence-electron chi connectivity index (χ2n) is 14.3.